The molecule has 0 radical (unpaired) electrons. The van der Waals surface area contributed by atoms with Gasteiger partial charge in [-0.15, -0.1) is 0 Å². The van der Waals surface area contributed by atoms with Gasteiger partial charge in [0.15, 0.2) is 0 Å². The highest BCUT2D eigenvalue weighted by atomic mass is 19.1. The minimum atomic E-state index is -0.173. The van der Waals surface area contributed by atoms with Crippen molar-refractivity contribution >= 4 is 5.69 Å². The zero-order chi connectivity index (χ0) is 14.7. The molecule has 21 heavy (non-hydrogen) atoms. The first kappa shape index (κ1) is 14.1. The second-order valence-electron chi connectivity index (χ2n) is 5.76. The van der Waals surface area contributed by atoms with Gasteiger partial charge in [-0.2, -0.15) is 0 Å². The van der Waals surface area contributed by atoms with Crippen LogP contribution >= 0.6 is 0 Å². The first-order valence-corrected chi connectivity index (χ1v) is 7.56. The zero-order valence-electron chi connectivity index (χ0n) is 12.1. The van der Waals surface area contributed by atoms with Crippen LogP contribution in [0.15, 0.2) is 42.5 Å². The van der Waals surface area contributed by atoms with E-state index in [4.69, 9.17) is 5.73 Å². The largest absolute Gasteiger partial charge is 0.398 e. The summed E-state index contributed by atoms with van der Waals surface area (Å²) >= 11 is 0. The van der Waals surface area contributed by atoms with E-state index in [0.717, 1.165) is 37.9 Å². The SMILES string of the molecule is Nc1cccc2c1CCC(NCCc1ccc(F)cc1)C2. The summed E-state index contributed by atoms with van der Waals surface area (Å²) in [5, 5.41) is 3.61. The normalized spacial score (nSPS) is 17.5. The molecule has 3 rings (SSSR count). The summed E-state index contributed by atoms with van der Waals surface area (Å²) in [6.45, 7) is 0.925. The smallest absolute Gasteiger partial charge is 0.123 e. The van der Waals surface area contributed by atoms with Gasteiger partial charge in [-0.1, -0.05) is 24.3 Å². The molecule has 2 aromatic rings. The van der Waals surface area contributed by atoms with Gasteiger partial charge in [0, 0.05) is 11.7 Å². The summed E-state index contributed by atoms with van der Waals surface area (Å²) in [4.78, 5) is 0. The first-order chi connectivity index (χ1) is 10.2. The van der Waals surface area contributed by atoms with Gasteiger partial charge in [0.25, 0.3) is 0 Å². The summed E-state index contributed by atoms with van der Waals surface area (Å²) in [5.74, 6) is -0.173. The fourth-order valence-corrected chi connectivity index (χ4v) is 3.08. The molecule has 2 aromatic carbocycles. The summed E-state index contributed by atoms with van der Waals surface area (Å²) in [6.07, 6.45) is 4.16. The lowest BCUT2D eigenvalue weighted by Gasteiger charge is -2.26. The van der Waals surface area contributed by atoms with Crippen LogP contribution in [0, 0.1) is 5.82 Å². The van der Waals surface area contributed by atoms with E-state index in [9.17, 15) is 4.39 Å². The van der Waals surface area contributed by atoms with Gasteiger partial charge in [-0.3, -0.25) is 0 Å². The number of fused-ring (bicyclic) bond motifs is 1. The van der Waals surface area contributed by atoms with Crippen molar-refractivity contribution in [2.75, 3.05) is 12.3 Å². The van der Waals surface area contributed by atoms with Crippen molar-refractivity contribution in [3.8, 4) is 0 Å². The van der Waals surface area contributed by atoms with Crippen molar-refractivity contribution < 1.29 is 4.39 Å². The topological polar surface area (TPSA) is 38.0 Å². The third-order valence-corrected chi connectivity index (χ3v) is 4.28. The Hall–Kier alpha value is -1.87. The van der Waals surface area contributed by atoms with Gasteiger partial charge in [-0.25, -0.2) is 4.39 Å². The number of nitrogens with one attached hydrogen (secondary N) is 1. The predicted molar refractivity (Wildman–Crippen MR) is 84.8 cm³/mol. The van der Waals surface area contributed by atoms with Crippen LogP contribution in [0.1, 0.15) is 23.1 Å². The maximum Gasteiger partial charge on any atom is 0.123 e. The quantitative estimate of drug-likeness (QED) is 0.847. The summed E-state index contributed by atoms with van der Waals surface area (Å²) < 4.78 is 12.8. The molecule has 0 bridgehead atoms. The molecule has 1 aliphatic rings. The van der Waals surface area contributed by atoms with E-state index in [0.29, 0.717) is 6.04 Å². The molecule has 0 heterocycles. The summed E-state index contributed by atoms with van der Waals surface area (Å²) in [6, 6.07) is 13.5. The minimum absolute atomic E-state index is 0.173. The predicted octanol–water partition coefficient (Wildman–Crippen LogP) is 3.10. The Labute approximate surface area is 125 Å². The van der Waals surface area contributed by atoms with Crippen LogP contribution in [0.4, 0.5) is 10.1 Å². The number of anilines is 1. The number of hydrogen-bond acceptors (Lipinski definition) is 2. The molecule has 0 amide bonds. The monoisotopic (exact) mass is 284 g/mol. The lowest BCUT2D eigenvalue weighted by molar-refractivity contribution is 0.462. The second kappa shape index (κ2) is 6.27. The molecule has 0 fully saturated rings. The number of halogens is 1. The molecule has 1 aliphatic carbocycles. The van der Waals surface area contributed by atoms with E-state index in [-0.39, 0.29) is 5.82 Å². The molecule has 3 N–H and O–H groups in total. The van der Waals surface area contributed by atoms with Gasteiger partial charge in [0.2, 0.25) is 0 Å². The average Bonchev–Trinajstić information content (AvgIpc) is 2.49. The van der Waals surface area contributed by atoms with Crippen LogP contribution in [0.5, 0.6) is 0 Å². The van der Waals surface area contributed by atoms with Crippen molar-refractivity contribution in [2.24, 2.45) is 0 Å². The Morgan fingerprint density at radius 3 is 2.76 bits per heavy atom. The molecule has 0 saturated heterocycles. The lowest BCUT2D eigenvalue weighted by Crippen LogP contribution is -2.36. The first-order valence-electron chi connectivity index (χ1n) is 7.56. The molecule has 110 valence electrons. The Morgan fingerprint density at radius 1 is 1.14 bits per heavy atom. The second-order valence-corrected chi connectivity index (χ2v) is 5.76. The molecule has 1 unspecified atom stereocenters. The fourth-order valence-electron chi connectivity index (χ4n) is 3.08. The third-order valence-electron chi connectivity index (χ3n) is 4.28. The van der Waals surface area contributed by atoms with Gasteiger partial charge in [0.1, 0.15) is 5.82 Å². The van der Waals surface area contributed by atoms with Crippen molar-refractivity contribution in [2.45, 2.75) is 31.7 Å². The van der Waals surface area contributed by atoms with Gasteiger partial charge in [-0.05, 0) is 67.1 Å². The average molecular weight is 284 g/mol. The van der Waals surface area contributed by atoms with E-state index in [1.165, 1.54) is 28.8 Å². The lowest BCUT2D eigenvalue weighted by atomic mass is 9.87. The molecule has 0 saturated carbocycles. The van der Waals surface area contributed by atoms with Gasteiger partial charge >= 0.3 is 0 Å². The maximum absolute atomic E-state index is 12.8. The summed E-state index contributed by atoms with van der Waals surface area (Å²) in [5.41, 5.74) is 10.8. The van der Waals surface area contributed by atoms with Crippen LogP contribution in [0.3, 0.4) is 0 Å². The highest BCUT2D eigenvalue weighted by Crippen LogP contribution is 2.26. The van der Waals surface area contributed by atoms with Crippen molar-refractivity contribution in [1.82, 2.24) is 5.32 Å². The molecule has 3 heteroatoms. The molecular weight excluding hydrogens is 263 g/mol. The van der Waals surface area contributed by atoms with Crippen molar-refractivity contribution in [3.63, 3.8) is 0 Å². The fraction of sp³-hybridized carbons (Fsp3) is 0.333. The number of benzene rings is 2. The molecule has 0 aromatic heterocycles. The Bertz CT molecular complexity index is 607. The van der Waals surface area contributed by atoms with Crippen LogP contribution in [0.2, 0.25) is 0 Å². The number of rotatable bonds is 4. The summed E-state index contributed by atoms with van der Waals surface area (Å²) in [7, 11) is 0. The van der Waals surface area contributed by atoms with E-state index in [2.05, 4.69) is 11.4 Å². The van der Waals surface area contributed by atoms with E-state index >= 15 is 0 Å². The van der Waals surface area contributed by atoms with Crippen molar-refractivity contribution in [1.29, 1.82) is 0 Å². The minimum Gasteiger partial charge on any atom is -0.398 e. The highest BCUT2D eigenvalue weighted by Gasteiger charge is 2.19. The van der Waals surface area contributed by atoms with Crippen LogP contribution in [0.25, 0.3) is 0 Å². The Morgan fingerprint density at radius 2 is 1.95 bits per heavy atom. The number of hydrogen-bond donors (Lipinski definition) is 2. The van der Waals surface area contributed by atoms with E-state index < -0.39 is 0 Å². The number of nitrogen functional groups attached to an aromatic ring is 1. The van der Waals surface area contributed by atoms with Crippen LogP contribution < -0.4 is 11.1 Å². The molecule has 1 atom stereocenters. The van der Waals surface area contributed by atoms with Crippen LogP contribution in [-0.2, 0) is 19.3 Å². The standard InChI is InChI=1S/C18H21FN2/c19-15-6-4-13(5-7-15)10-11-21-16-8-9-17-14(12-16)2-1-3-18(17)20/h1-7,16,21H,8-12,20H2. The molecule has 0 spiro atoms. The molecule has 2 nitrogen and oxygen atoms in total. The van der Waals surface area contributed by atoms with Gasteiger partial charge in [0.05, 0.1) is 0 Å². The Balaban J connectivity index is 1.52. The molecular formula is C18H21FN2. The maximum atomic E-state index is 12.8. The van der Waals surface area contributed by atoms with Crippen LogP contribution in [-0.4, -0.2) is 12.6 Å². The molecule has 0 aliphatic heterocycles. The van der Waals surface area contributed by atoms with E-state index in [1.54, 1.807) is 0 Å². The number of nitrogens with two attached hydrogens (primary N) is 1. The van der Waals surface area contributed by atoms with E-state index in [1.807, 2.05) is 24.3 Å². The Kier molecular flexibility index (Phi) is 4.20. The third kappa shape index (κ3) is 3.42. The highest BCUT2D eigenvalue weighted by molar-refractivity contribution is 5.52. The zero-order valence-corrected chi connectivity index (χ0v) is 12.1. The van der Waals surface area contributed by atoms with Crippen molar-refractivity contribution in [3.05, 3.63) is 65.0 Å². The van der Waals surface area contributed by atoms with Gasteiger partial charge < -0.3 is 11.1 Å².